The molecule has 0 aromatic heterocycles. The number of nitrogens with one attached hydrogen (secondary N) is 1. The summed E-state index contributed by atoms with van der Waals surface area (Å²) in [6, 6.07) is 0. The van der Waals surface area contributed by atoms with Crippen LogP contribution in [0.1, 0.15) is 6.92 Å². The number of nitrogens with zero attached hydrogens (tertiary/aromatic N) is 1. The molecule has 0 radical (unpaired) electrons. The fourth-order valence-electron chi connectivity index (χ4n) is 1.12. The summed E-state index contributed by atoms with van der Waals surface area (Å²) in [5, 5.41) is 2.93. The monoisotopic (exact) mass is 166 g/mol. The molecule has 0 aromatic rings. The van der Waals surface area contributed by atoms with E-state index in [4.69, 9.17) is 11.5 Å². The van der Waals surface area contributed by atoms with Gasteiger partial charge in [0.1, 0.15) is 11.6 Å². The third kappa shape index (κ3) is 1.11. The molecule has 0 saturated heterocycles. The molecule has 5 N–H and O–H groups in total. The first kappa shape index (κ1) is 8.52. The van der Waals surface area contributed by atoms with Crippen molar-refractivity contribution in [3.63, 3.8) is 0 Å². The Balaban J connectivity index is 3.05. The van der Waals surface area contributed by atoms with Gasteiger partial charge >= 0.3 is 0 Å². The Labute approximate surface area is 72.2 Å². The second-order valence-electron chi connectivity index (χ2n) is 2.59. The van der Waals surface area contributed by atoms with Crippen molar-refractivity contribution in [2.24, 2.45) is 11.5 Å². The number of nitrogens with two attached hydrogens (primary N) is 2. The third-order valence-electron chi connectivity index (χ3n) is 1.83. The van der Waals surface area contributed by atoms with Gasteiger partial charge in [-0.15, -0.1) is 0 Å². The molecule has 0 bridgehead atoms. The molecular weight excluding hydrogens is 152 g/mol. The summed E-state index contributed by atoms with van der Waals surface area (Å²) in [6.45, 7) is 10.2. The van der Waals surface area contributed by atoms with Gasteiger partial charge in [0.05, 0.1) is 11.4 Å². The van der Waals surface area contributed by atoms with Gasteiger partial charge in [0.25, 0.3) is 0 Å². The topological polar surface area (TPSA) is 67.3 Å². The summed E-state index contributed by atoms with van der Waals surface area (Å²) in [5.74, 6) is 1.24. The molecule has 4 nitrogen and oxygen atoms in total. The Morgan fingerprint density at radius 1 is 1.42 bits per heavy atom. The lowest BCUT2D eigenvalue weighted by Crippen LogP contribution is -2.41. The molecule has 1 rings (SSSR count). The zero-order valence-electron chi connectivity index (χ0n) is 7.22. The third-order valence-corrected chi connectivity index (χ3v) is 1.83. The maximum atomic E-state index is 5.73. The molecule has 0 aliphatic carbocycles. The second-order valence-corrected chi connectivity index (χ2v) is 2.59. The largest absolute Gasteiger partial charge is 0.394 e. The first-order valence-corrected chi connectivity index (χ1v) is 3.76. The van der Waals surface area contributed by atoms with E-state index in [1.165, 1.54) is 0 Å². The average molecular weight is 166 g/mol. The predicted molar refractivity (Wildman–Crippen MR) is 49.2 cm³/mol. The fraction of sp³-hybridized carbons (Fsp3) is 0.250. The van der Waals surface area contributed by atoms with E-state index in [1.807, 2.05) is 6.92 Å². The molecule has 0 unspecified atom stereocenters. The fourth-order valence-corrected chi connectivity index (χ4v) is 1.12. The van der Waals surface area contributed by atoms with Crippen molar-refractivity contribution in [1.29, 1.82) is 0 Å². The Morgan fingerprint density at radius 2 is 2.00 bits per heavy atom. The van der Waals surface area contributed by atoms with E-state index in [-0.39, 0.29) is 0 Å². The zero-order chi connectivity index (χ0) is 9.30. The molecule has 0 atom stereocenters. The maximum Gasteiger partial charge on any atom is 0.130 e. The minimum Gasteiger partial charge on any atom is -0.394 e. The van der Waals surface area contributed by atoms with Crippen LogP contribution >= 0.6 is 0 Å². The molecule has 0 fully saturated rings. The van der Waals surface area contributed by atoms with Crippen LogP contribution in [0.5, 0.6) is 0 Å². The minimum absolute atomic E-state index is 0.490. The van der Waals surface area contributed by atoms with Gasteiger partial charge in [0, 0.05) is 6.54 Å². The van der Waals surface area contributed by atoms with Crippen molar-refractivity contribution in [2.45, 2.75) is 6.92 Å². The first-order valence-electron chi connectivity index (χ1n) is 3.76. The van der Waals surface area contributed by atoms with Crippen LogP contribution in [0.3, 0.4) is 0 Å². The summed E-state index contributed by atoms with van der Waals surface area (Å²) in [6.07, 6.45) is 0. The van der Waals surface area contributed by atoms with E-state index in [2.05, 4.69) is 18.5 Å². The van der Waals surface area contributed by atoms with Gasteiger partial charge in [-0.05, 0) is 6.92 Å². The van der Waals surface area contributed by atoms with Crippen LogP contribution in [0.25, 0.3) is 0 Å². The van der Waals surface area contributed by atoms with Crippen LogP contribution in [-0.4, -0.2) is 11.4 Å². The van der Waals surface area contributed by atoms with Crippen LogP contribution < -0.4 is 16.8 Å². The maximum absolute atomic E-state index is 5.73. The average Bonchev–Trinajstić information content (AvgIpc) is 2.01. The Morgan fingerprint density at radius 3 is 2.50 bits per heavy atom. The van der Waals surface area contributed by atoms with E-state index < -0.39 is 0 Å². The van der Waals surface area contributed by atoms with E-state index in [9.17, 15) is 0 Å². The van der Waals surface area contributed by atoms with Crippen LogP contribution in [0.4, 0.5) is 0 Å². The lowest BCUT2D eigenvalue weighted by molar-refractivity contribution is 0.401. The smallest absolute Gasteiger partial charge is 0.130 e. The van der Waals surface area contributed by atoms with E-state index in [0.29, 0.717) is 23.0 Å². The summed E-state index contributed by atoms with van der Waals surface area (Å²) in [7, 11) is 0. The summed E-state index contributed by atoms with van der Waals surface area (Å²) in [4.78, 5) is 1.80. The lowest BCUT2D eigenvalue weighted by atomic mass is 10.2. The Kier molecular flexibility index (Phi) is 1.99. The highest BCUT2D eigenvalue weighted by Crippen LogP contribution is 2.16. The normalized spacial score (nSPS) is 18.2. The molecule has 0 saturated carbocycles. The van der Waals surface area contributed by atoms with Crippen molar-refractivity contribution in [1.82, 2.24) is 10.2 Å². The molecule has 0 amide bonds. The Hall–Kier alpha value is -1.58. The second kappa shape index (κ2) is 2.81. The molecule has 1 aliphatic rings. The molecular formula is C8H14N4. The van der Waals surface area contributed by atoms with Gasteiger partial charge in [0.2, 0.25) is 0 Å². The van der Waals surface area contributed by atoms with Gasteiger partial charge < -0.3 is 21.7 Å². The molecule has 12 heavy (non-hydrogen) atoms. The summed E-state index contributed by atoms with van der Waals surface area (Å²) >= 11 is 0. The van der Waals surface area contributed by atoms with E-state index in [0.717, 1.165) is 6.54 Å². The lowest BCUT2D eigenvalue weighted by Gasteiger charge is -2.32. The molecule has 66 valence electrons. The Bertz CT molecular complexity index is 264. The predicted octanol–water partition coefficient (Wildman–Crippen LogP) is -0.0171. The number of rotatable bonds is 1. The van der Waals surface area contributed by atoms with Crippen molar-refractivity contribution in [3.8, 4) is 0 Å². The van der Waals surface area contributed by atoms with Crippen LogP contribution in [0.15, 0.2) is 36.2 Å². The van der Waals surface area contributed by atoms with Crippen molar-refractivity contribution in [3.05, 3.63) is 36.2 Å². The van der Waals surface area contributed by atoms with Crippen molar-refractivity contribution in [2.75, 3.05) is 6.54 Å². The molecule has 0 aromatic carbocycles. The van der Waals surface area contributed by atoms with Crippen LogP contribution in [0, 0.1) is 0 Å². The standard InChI is InChI=1S/C8H14N4/c1-4-12-6(3)11-5(2)7(9)8(12)10/h11H,2-4,9-10H2,1H3. The highest BCUT2D eigenvalue weighted by atomic mass is 15.3. The van der Waals surface area contributed by atoms with Crippen molar-refractivity contribution < 1.29 is 0 Å². The van der Waals surface area contributed by atoms with Crippen molar-refractivity contribution >= 4 is 0 Å². The van der Waals surface area contributed by atoms with E-state index in [1.54, 1.807) is 4.90 Å². The number of hydrogen-bond donors (Lipinski definition) is 3. The summed E-state index contributed by atoms with van der Waals surface area (Å²) < 4.78 is 0. The van der Waals surface area contributed by atoms with Crippen LogP contribution in [-0.2, 0) is 0 Å². The van der Waals surface area contributed by atoms with Gasteiger partial charge in [-0.2, -0.15) is 0 Å². The quantitative estimate of drug-likeness (QED) is 0.512. The highest BCUT2D eigenvalue weighted by molar-refractivity contribution is 5.35. The van der Waals surface area contributed by atoms with Gasteiger partial charge in [0.15, 0.2) is 0 Å². The van der Waals surface area contributed by atoms with E-state index >= 15 is 0 Å². The molecule has 1 aliphatic heterocycles. The molecule has 4 heteroatoms. The number of hydrogen-bond acceptors (Lipinski definition) is 4. The SMILES string of the molecule is C=C1NC(=C)N(CC)C(N)=C1N. The highest BCUT2D eigenvalue weighted by Gasteiger charge is 2.19. The molecule has 1 heterocycles. The first-order chi connectivity index (χ1) is 5.57. The van der Waals surface area contributed by atoms with Gasteiger partial charge in [-0.1, -0.05) is 13.2 Å². The zero-order valence-corrected chi connectivity index (χ0v) is 7.22. The van der Waals surface area contributed by atoms with Gasteiger partial charge in [-0.3, -0.25) is 0 Å². The molecule has 0 spiro atoms. The van der Waals surface area contributed by atoms with Gasteiger partial charge in [-0.25, -0.2) is 0 Å². The summed E-state index contributed by atoms with van der Waals surface area (Å²) in [5.41, 5.74) is 12.5. The minimum atomic E-state index is 0.490. The van der Waals surface area contributed by atoms with Crippen LogP contribution in [0.2, 0.25) is 0 Å².